The van der Waals surface area contributed by atoms with Crippen LogP contribution < -0.4 is 4.74 Å². The Morgan fingerprint density at radius 3 is 1.56 bits per heavy atom. The monoisotopic (exact) mass is 529 g/mol. The highest BCUT2D eigenvalue weighted by molar-refractivity contribution is 6.09. The van der Waals surface area contributed by atoms with Crippen LogP contribution in [0.4, 0.5) is 11.4 Å². The third kappa shape index (κ3) is 4.78. The molecular formula is C27H19N3O9. The molecule has 0 saturated heterocycles. The average Bonchev–Trinajstić information content (AvgIpc) is 3.19. The summed E-state index contributed by atoms with van der Waals surface area (Å²) in [5.41, 5.74) is 0.798. The third-order valence-electron chi connectivity index (χ3n) is 6.21. The van der Waals surface area contributed by atoms with Crippen LogP contribution in [0, 0.1) is 20.2 Å². The third-order valence-corrected chi connectivity index (χ3v) is 6.21. The van der Waals surface area contributed by atoms with Crippen molar-refractivity contribution in [2.24, 2.45) is 0 Å². The van der Waals surface area contributed by atoms with Crippen LogP contribution in [0.2, 0.25) is 0 Å². The molecule has 0 aliphatic carbocycles. The van der Waals surface area contributed by atoms with Gasteiger partial charge in [-0.1, -0.05) is 0 Å². The summed E-state index contributed by atoms with van der Waals surface area (Å²) in [6, 6.07) is 17.4. The average molecular weight is 529 g/mol. The van der Waals surface area contributed by atoms with Gasteiger partial charge in [-0.2, -0.15) is 0 Å². The predicted octanol–water partition coefficient (Wildman–Crippen LogP) is 4.16. The van der Waals surface area contributed by atoms with Crippen molar-refractivity contribution < 1.29 is 33.6 Å². The summed E-state index contributed by atoms with van der Waals surface area (Å²) in [5.74, 6) is -2.55. The number of rotatable bonds is 6. The number of amides is 2. The van der Waals surface area contributed by atoms with Crippen molar-refractivity contribution in [3.05, 3.63) is 122 Å². The number of nitro groups is 2. The van der Waals surface area contributed by atoms with Crippen molar-refractivity contribution in [1.29, 1.82) is 0 Å². The van der Waals surface area contributed by atoms with E-state index in [-0.39, 0.29) is 29.4 Å². The van der Waals surface area contributed by atoms with Crippen molar-refractivity contribution in [3.8, 4) is 5.75 Å². The zero-order valence-corrected chi connectivity index (χ0v) is 20.3. The van der Waals surface area contributed by atoms with Crippen LogP contribution in [0.25, 0.3) is 11.5 Å². The van der Waals surface area contributed by atoms with E-state index in [1.807, 2.05) is 0 Å². The fraction of sp³-hybridized carbons (Fsp3) is 0.111. The van der Waals surface area contributed by atoms with Gasteiger partial charge in [0.25, 0.3) is 29.0 Å². The lowest BCUT2D eigenvalue weighted by Gasteiger charge is -2.35. The number of hydrogen-bond acceptors (Lipinski definition) is 9. The fourth-order valence-corrected chi connectivity index (χ4v) is 4.19. The van der Waals surface area contributed by atoms with E-state index in [0.29, 0.717) is 22.4 Å². The van der Waals surface area contributed by atoms with Crippen LogP contribution in [0.5, 0.6) is 5.75 Å². The van der Waals surface area contributed by atoms with Gasteiger partial charge in [0.1, 0.15) is 23.8 Å². The molecule has 39 heavy (non-hydrogen) atoms. The quantitative estimate of drug-likeness (QED) is 0.260. The molecule has 0 aromatic heterocycles. The van der Waals surface area contributed by atoms with Gasteiger partial charge in [0.15, 0.2) is 0 Å². The molecule has 2 aliphatic heterocycles. The van der Waals surface area contributed by atoms with Gasteiger partial charge in [0, 0.05) is 53.1 Å². The van der Waals surface area contributed by atoms with Gasteiger partial charge in [0.2, 0.25) is 0 Å². The Morgan fingerprint density at radius 1 is 0.744 bits per heavy atom. The van der Waals surface area contributed by atoms with E-state index in [4.69, 9.17) is 14.2 Å². The Morgan fingerprint density at radius 2 is 1.18 bits per heavy atom. The van der Waals surface area contributed by atoms with E-state index < -0.39 is 27.4 Å². The number of ether oxygens (including phenoxy) is 3. The maximum Gasteiger partial charge on any atom is 0.296 e. The van der Waals surface area contributed by atoms with Crippen molar-refractivity contribution in [2.45, 2.75) is 5.79 Å². The molecule has 3 aromatic carbocycles. The second kappa shape index (κ2) is 9.74. The summed E-state index contributed by atoms with van der Waals surface area (Å²) in [6.45, 7) is -0.336. The first-order valence-electron chi connectivity index (χ1n) is 11.5. The molecule has 12 nitrogen and oxygen atoms in total. The molecule has 5 rings (SSSR count). The van der Waals surface area contributed by atoms with Crippen molar-refractivity contribution in [2.75, 3.05) is 13.7 Å². The highest BCUT2D eigenvalue weighted by Gasteiger charge is 2.47. The number of fused-ring (bicyclic) bond motifs is 2. The van der Waals surface area contributed by atoms with Gasteiger partial charge in [-0.15, -0.1) is 0 Å². The molecule has 0 spiro atoms. The Bertz CT molecular complexity index is 1450. The number of nitrogens with zero attached hydrogens (tertiary/aromatic N) is 3. The largest absolute Gasteiger partial charge is 0.497 e. The number of carbonyl (C=O) groups is 2. The molecular weight excluding hydrogens is 510 g/mol. The van der Waals surface area contributed by atoms with Crippen LogP contribution >= 0.6 is 0 Å². The number of nitro benzene ring substituents is 2. The van der Waals surface area contributed by atoms with Crippen LogP contribution in [-0.4, -0.2) is 40.2 Å². The summed E-state index contributed by atoms with van der Waals surface area (Å²) in [7, 11) is 1.50. The first kappa shape index (κ1) is 25.1. The highest BCUT2D eigenvalue weighted by atomic mass is 16.7. The number of carbonyl (C=O) groups excluding carboxylic acids is 2. The minimum Gasteiger partial charge on any atom is -0.497 e. The first-order chi connectivity index (χ1) is 18.7. The Kier molecular flexibility index (Phi) is 6.28. The summed E-state index contributed by atoms with van der Waals surface area (Å²) < 4.78 is 18.0. The molecule has 0 radical (unpaired) electrons. The summed E-state index contributed by atoms with van der Waals surface area (Å²) >= 11 is 0. The number of imide groups is 1. The van der Waals surface area contributed by atoms with Crippen LogP contribution in [0.1, 0.15) is 16.7 Å². The Hall–Kier alpha value is -5.52. The molecule has 196 valence electrons. The van der Waals surface area contributed by atoms with Crippen molar-refractivity contribution in [3.63, 3.8) is 0 Å². The highest BCUT2D eigenvalue weighted by Crippen LogP contribution is 2.42. The van der Waals surface area contributed by atoms with Gasteiger partial charge >= 0.3 is 0 Å². The molecule has 0 N–H and O–H groups in total. The van der Waals surface area contributed by atoms with Crippen LogP contribution in [0.15, 0.2) is 84.9 Å². The van der Waals surface area contributed by atoms with Gasteiger partial charge in [-0.25, -0.2) is 0 Å². The second-order valence-electron chi connectivity index (χ2n) is 8.57. The van der Waals surface area contributed by atoms with E-state index in [1.165, 1.54) is 55.6 Å². The zero-order chi connectivity index (χ0) is 27.7. The molecule has 0 unspecified atom stereocenters. The molecule has 2 heterocycles. The number of methoxy groups -OCH3 is 1. The number of benzene rings is 3. The Labute approximate surface area is 220 Å². The maximum absolute atomic E-state index is 13.2. The molecule has 0 fully saturated rings. The lowest BCUT2D eigenvalue weighted by molar-refractivity contribution is -0.385. The molecule has 0 saturated carbocycles. The van der Waals surface area contributed by atoms with E-state index >= 15 is 0 Å². The van der Waals surface area contributed by atoms with Crippen LogP contribution in [0.3, 0.4) is 0 Å². The molecule has 0 atom stereocenters. The van der Waals surface area contributed by atoms with Gasteiger partial charge < -0.3 is 14.2 Å². The lowest BCUT2D eigenvalue weighted by atomic mass is 10.0. The normalized spacial score (nSPS) is 16.1. The minimum atomic E-state index is -1.76. The van der Waals surface area contributed by atoms with E-state index in [9.17, 15) is 29.8 Å². The molecule has 2 aliphatic rings. The topological polar surface area (TPSA) is 151 Å². The smallest absolute Gasteiger partial charge is 0.296 e. The summed E-state index contributed by atoms with van der Waals surface area (Å²) in [6.07, 6.45) is 2.25. The zero-order valence-electron chi connectivity index (χ0n) is 20.3. The van der Waals surface area contributed by atoms with Crippen molar-refractivity contribution >= 4 is 34.7 Å². The molecule has 3 aromatic rings. The van der Waals surface area contributed by atoms with Crippen molar-refractivity contribution in [1.82, 2.24) is 4.90 Å². The van der Waals surface area contributed by atoms with E-state index in [0.717, 1.165) is 17.1 Å². The molecule has 12 heteroatoms. The fourth-order valence-electron chi connectivity index (χ4n) is 4.19. The Balaban J connectivity index is 1.65. The first-order valence-corrected chi connectivity index (χ1v) is 11.5. The molecule has 2 bridgehead atoms. The number of hydrogen-bond donors (Lipinski definition) is 0. The van der Waals surface area contributed by atoms with Gasteiger partial charge in [0.05, 0.1) is 17.0 Å². The van der Waals surface area contributed by atoms with E-state index in [1.54, 1.807) is 24.3 Å². The SMILES string of the molecule is COc1ccc(C23CN(C(=O)C=C(c4ccc([N+](=O)[O-])cc4)O2)C(=O)C=C(c2ccc([N+](=O)[O-])cc2)O3)cc1. The second-order valence-corrected chi connectivity index (χ2v) is 8.57. The van der Waals surface area contributed by atoms with E-state index in [2.05, 4.69) is 0 Å². The standard InChI is InChI=1S/C27H19N3O9/c1-37-22-12-6-19(7-13-22)27-16-28(25(31)14-23(38-27)17-2-8-20(9-3-17)29(33)34)26(32)15-24(39-27)18-4-10-21(11-5-18)30(35)36/h2-15H,16H2,1H3. The maximum atomic E-state index is 13.2. The lowest BCUT2D eigenvalue weighted by Crippen LogP contribution is -2.45. The van der Waals surface area contributed by atoms with Gasteiger partial charge in [-0.05, 0) is 48.5 Å². The van der Waals surface area contributed by atoms with Gasteiger partial charge in [-0.3, -0.25) is 34.7 Å². The minimum absolute atomic E-state index is 0.0194. The number of non-ortho nitro benzene ring substituents is 2. The summed E-state index contributed by atoms with van der Waals surface area (Å²) in [5, 5.41) is 22.2. The predicted molar refractivity (Wildman–Crippen MR) is 136 cm³/mol. The van der Waals surface area contributed by atoms with Crippen LogP contribution in [-0.2, 0) is 24.8 Å². The summed E-state index contributed by atoms with van der Waals surface area (Å²) in [4.78, 5) is 48.6. The molecule has 2 amide bonds.